The smallest absolute Gasteiger partial charge is 0.312 e. The zero-order valence-corrected chi connectivity index (χ0v) is 16.5. The van der Waals surface area contributed by atoms with Gasteiger partial charge in [-0.05, 0) is 55.5 Å². The summed E-state index contributed by atoms with van der Waals surface area (Å²) in [5.41, 5.74) is 2.00. The van der Waals surface area contributed by atoms with Gasteiger partial charge in [-0.1, -0.05) is 18.6 Å². The average molecular weight is 392 g/mol. The molecule has 150 valence electrons. The molecule has 5 rings (SSSR count). The summed E-state index contributed by atoms with van der Waals surface area (Å²) in [6.45, 7) is 0. The van der Waals surface area contributed by atoms with E-state index < -0.39 is 5.60 Å². The van der Waals surface area contributed by atoms with Crippen molar-refractivity contribution >= 4 is 11.8 Å². The van der Waals surface area contributed by atoms with Gasteiger partial charge in [0, 0.05) is 11.5 Å². The Hall–Kier alpha value is -2.82. The predicted octanol–water partition coefficient (Wildman–Crippen LogP) is 4.80. The first kappa shape index (κ1) is 18.2. The molecular formula is C24H24O5. The fourth-order valence-electron chi connectivity index (χ4n) is 5.00. The first-order valence-corrected chi connectivity index (χ1v) is 10.3. The number of rotatable bonds is 2. The second-order valence-electron chi connectivity index (χ2n) is 8.30. The Morgan fingerprint density at radius 2 is 1.76 bits per heavy atom. The number of fused-ring (bicyclic) bond motifs is 3. The molecule has 0 N–H and O–H groups in total. The number of benzene rings is 2. The molecule has 2 aromatic rings. The molecule has 0 saturated heterocycles. The summed E-state index contributed by atoms with van der Waals surface area (Å²) in [6, 6.07) is 11.2. The zero-order valence-electron chi connectivity index (χ0n) is 16.5. The van der Waals surface area contributed by atoms with Crippen molar-refractivity contribution in [3.63, 3.8) is 0 Å². The molecule has 2 aromatic carbocycles. The van der Waals surface area contributed by atoms with Gasteiger partial charge in [-0.3, -0.25) is 9.59 Å². The number of carbonyl (C=O) groups excluding carboxylic acids is 2. The minimum Gasteiger partial charge on any atom is -0.497 e. The highest BCUT2D eigenvalue weighted by Crippen LogP contribution is 2.51. The largest absolute Gasteiger partial charge is 0.497 e. The molecule has 2 heterocycles. The Kier molecular flexibility index (Phi) is 4.34. The molecule has 0 bridgehead atoms. The Morgan fingerprint density at radius 3 is 2.48 bits per heavy atom. The van der Waals surface area contributed by atoms with Crippen molar-refractivity contribution in [3.8, 4) is 17.2 Å². The van der Waals surface area contributed by atoms with E-state index in [1.165, 1.54) is 6.42 Å². The predicted molar refractivity (Wildman–Crippen MR) is 107 cm³/mol. The van der Waals surface area contributed by atoms with Gasteiger partial charge in [-0.15, -0.1) is 0 Å². The number of methoxy groups -OCH3 is 1. The standard InChI is InChI=1S/C24H24O5/c1-27-16-7-5-15(6-8-16)18-13-21(26)28-20-10-9-17-19(25)14-24(11-3-2-4-12-24)29-23(17)22(18)20/h5-10,18H,2-4,11-14H2,1H3/t18-/m0/s1. The van der Waals surface area contributed by atoms with Crippen LogP contribution in [-0.4, -0.2) is 24.5 Å². The summed E-state index contributed by atoms with van der Waals surface area (Å²) in [4.78, 5) is 25.3. The molecule has 5 heteroatoms. The maximum Gasteiger partial charge on any atom is 0.312 e. The van der Waals surface area contributed by atoms with E-state index in [-0.39, 0.29) is 24.1 Å². The molecule has 5 nitrogen and oxygen atoms in total. The first-order valence-electron chi connectivity index (χ1n) is 10.3. The van der Waals surface area contributed by atoms with Crippen molar-refractivity contribution in [2.45, 2.75) is 56.5 Å². The molecule has 1 fully saturated rings. The number of ether oxygens (including phenoxy) is 3. The molecule has 0 unspecified atom stereocenters. The highest BCUT2D eigenvalue weighted by molar-refractivity contribution is 6.01. The normalized spacial score (nSPS) is 22.3. The Bertz CT molecular complexity index is 970. The number of Topliss-reactive ketones (excluding diaryl/α,β-unsaturated/α-hetero) is 1. The van der Waals surface area contributed by atoms with Crippen LogP contribution in [0.25, 0.3) is 0 Å². The van der Waals surface area contributed by atoms with Gasteiger partial charge in [0.1, 0.15) is 22.8 Å². The van der Waals surface area contributed by atoms with Crippen LogP contribution < -0.4 is 14.2 Å². The minimum atomic E-state index is -0.413. The van der Waals surface area contributed by atoms with Gasteiger partial charge in [0.25, 0.3) is 0 Å². The van der Waals surface area contributed by atoms with Crippen LogP contribution in [0.1, 0.15) is 72.3 Å². The monoisotopic (exact) mass is 392 g/mol. The van der Waals surface area contributed by atoms with Gasteiger partial charge in [0.15, 0.2) is 5.78 Å². The summed E-state index contributed by atoms with van der Waals surface area (Å²) >= 11 is 0. The molecule has 29 heavy (non-hydrogen) atoms. The van der Waals surface area contributed by atoms with Crippen molar-refractivity contribution < 1.29 is 23.8 Å². The summed E-state index contributed by atoms with van der Waals surface area (Å²) in [5.74, 6) is 1.53. The summed E-state index contributed by atoms with van der Waals surface area (Å²) in [5, 5.41) is 0. The topological polar surface area (TPSA) is 61.8 Å². The maximum atomic E-state index is 13.0. The number of ketones is 1. The summed E-state index contributed by atoms with van der Waals surface area (Å²) in [6.07, 6.45) is 5.80. The van der Waals surface area contributed by atoms with Gasteiger partial charge in [0.2, 0.25) is 0 Å². The van der Waals surface area contributed by atoms with Crippen LogP contribution in [0.3, 0.4) is 0 Å². The second kappa shape index (κ2) is 6.90. The van der Waals surface area contributed by atoms with Gasteiger partial charge >= 0.3 is 5.97 Å². The molecule has 0 amide bonds. The van der Waals surface area contributed by atoms with Gasteiger partial charge in [0.05, 0.1) is 25.5 Å². The van der Waals surface area contributed by atoms with Crippen LogP contribution in [0.15, 0.2) is 36.4 Å². The number of esters is 1. The van der Waals surface area contributed by atoms with E-state index in [9.17, 15) is 9.59 Å². The maximum absolute atomic E-state index is 13.0. The number of hydrogen-bond acceptors (Lipinski definition) is 5. The molecule has 1 atom stereocenters. The lowest BCUT2D eigenvalue weighted by Crippen LogP contribution is -2.44. The van der Waals surface area contributed by atoms with E-state index in [4.69, 9.17) is 14.2 Å². The van der Waals surface area contributed by atoms with Crippen LogP contribution in [0.4, 0.5) is 0 Å². The Balaban J connectivity index is 1.63. The second-order valence-corrected chi connectivity index (χ2v) is 8.30. The van der Waals surface area contributed by atoms with Crippen LogP contribution >= 0.6 is 0 Å². The lowest BCUT2D eigenvalue weighted by Gasteiger charge is -2.42. The van der Waals surface area contributed by atoms with Crippen molar-refractivity contribution in [2.75, 3.05) is 7.11 Å². The Morgan fingerprint density at radius 1 is 1.00 bits per heavy atom. The Labute approximate surface area is 170 Å². The summed E-state index contributed by atoms with van der Waals surface area (Å²) < 4.78 is 17.4. The lowest BCUT2D eigenvalue weighted by molar-refractivity contribution is -0.135. The van der Waals surface area contributed by atoms with E-state index in [2.05, 4.69) is 0 Å². The van der Waals surface area contributed by atoms with Gasteiger partial charge in [-0.2, -0.15) is 0 Å². The molecule has 1 aliphatic carbocycles. The number of hydrogen-bond donors (Lipinski definition) is 0. The third-order valence-electron chi connectivity index (χ3n) is 6.48. The zero-order chi connectivity index (χ0) is 20.0. The van der Waals surface area contributed by atoms with Gasteiger partial charge in [-0.25, -0.2) is 0 Å². The molecule has 1 saturated carbocycles. The third kappa shape index (κ3) is 3.09. The highest BCUT2D eigenvalue weighted by Gasteiger charge is 2.44. The van der Waals surface area contributed by atoms with Gasteiger partial charge < -0.3 is 14.2 Å². The SMILES string of the molecule is COc1ccc([C@@H]2CC(=O)Oc3ccc4c(c32)OC2(CCCCC2)CC4=O)cc1. The molecule has 0 aromatic heterocycles. The fourth-order valence-corrected chi connectivity index (χ4v) is 5.00. The van der Waals surface area contributed by atoms with Crippen LogP contribution in [-0.2, 0) is 4.79 Å². The van der Waals surface area contributed by atoms with E-state index >= 15 is 0 Å². The molecule has 0 radical (unpaired) electrons. The molecule has 2 aliphatic heterocycles. The van der Waals surface area contributed by atoms with Crippen LogP contribution in [0.5, 0.6) is 17.2 Å². The molecular weight excluding hydrogens is 368 g/mol. The minimum absolute atomic E-state index is 0.126. The van der Waals surface area contributed by atoms with E-state index in [0.717, 1.165) is 42.6 Å². The van der Waals surface area contributed by atoms with Crippen LogP contribution in [0, 0.1) is 0 Å². The highest BCUT2D eigenvalue weighted by atomic mass is 16.5. The molecule has 1 spiro atoms. The van der Waals surface area contributed by atoms with E-state index in [1.807, 2.05) is 24.3 Å². The first-order chi connectivity index (χ1) is 14.1. The van der Waals surface area contributed by atoms with Crippen molar-refractivity contribution in [3.05, 3.63) is 53.1 Å². The quantitative estimate of drug-likeness (QED) is 0.542. The van der Waals surface area contributed by atoms with Crippen molar-refractivity contribution in [1.29, 1.82) is 0 Å². The summed E-state index contributed by atoms with van der Waals surface area (Å²) in [7, 11) is 1.63. The van der Waals surface area contributed by atoms with Crippen molar-refractivity contribution in [2.24, 2.45) is 0 Å². The fraction of sp³-hybridized carbons (Fsp3) is 0.417. The molecule has 3 aliphatic rings. The third-order valence-corrected chi connectivity index (χ3v) is 6.48. The van der Waals surface area contributed by atoms with E-state index in [1.54, 1.807) is 19.2 Å². The van der Waals surface area contributed by atoms with E-state index in [0.29, 0.717) is 23.5 Å². The number of carbonyl (C=O) groups is 2. The average Bonchev–Trinajstić information content (AvgIpc) is 2.73. The lowest BCUT2D eigenvalue weighted by atomic mass is 9.76. The van der Waals surface area contributed by atoms with Crippen LogP contribution in [0.2, 0.25) is 0 Å². The van der Waals surface area contributed by atoms with Crippen molar-refractivity contribution in [1.82, 2.24) is 0 Å².